The van der Waals surface area contributed by atoms with Gasteiger partial charge in [0.05, 0.1) is 21.7 Å². The van der Waals surface area contributed by atoms with E-state index in [-0.39, 0.29) is 26.9 Å². The summed E-state index contributed by atoms with van der Waals surface area (Å²) in [6.45, 7) is 0. The molecule has 0 fully saturated rings. The lowest BCUT2D eigenvalue weighted by atomic mass is 9.99. The highest BCUT2D eigenvalue weighted by Gasteiger charge is 2.39. The minimum atomic E-state index is -5.09. The molecule has 0 saturated carbocycles. The van der Waals surface area contributed by atoms with Crippen molar-refractivity contribution in [3.05, 3.63) is 40.3 Å². The van der Waals surface area contributed by atoms with Crippen LogP contribution in [0.2, 0.25) is 0 Å². The van der Waals surface area contributed by atoms with Crippen molar-refractivity contribution in [3.63, 3.8) is 0 Å². The molecule has 142 valence electrons. The van der Waals surface area contributed by atoms with E-state index in [4.69, 9.17) is 11.5 Å². The Balaban J connectivity index is 2.35. The number of carbonyl (C=O) groups excluding carboxylic acids is 1. The van der Waals surface area contributed by atoms with Crippen molar-refractivity contribution in [2.75, 3.05) is 5.73 Å². The van der Waals surface area contributed by atoms with Crippen molar-refractivity contribution in [2.24, 2.45) is 5.73 Å². The number of hydrogen-bond acceptors (Lipinski definition) is 5. The zero-order chi connectivity index (χ0) is 20.1. The first-order valence-corrected chi connectivity index (χ1v) is 7.85. The Bertz CT molecular complexity index is 1060. The summed E-state index contributed by atoms with van der Waals surface area (Å²) in [6, 6.07) is 2.35. The zero-order valence-corrected chi connectivity index (χ0v) is 13.8. The summed E-state index contributed by atoms with van der Waals surface area (Å²) in [5, 5.41) is 0.0215. The van der Waals surface area contributed by atoms with Crippen LogP contribution in [0.1, 0.15) is 20.8 Å². The maximum atomic E-state index is 13.4. The van der Waals surface area contributed by atoms with Crippen LogP contribution in [0.4, 0.5) is 32.3 Å². The number of fused-ring (bicyclic) bond motifs is 1. The number of amides is 1. The molecule has 0 aliphatic heterocycles. The monoisotopic (exact) mass is 406 g/mol. The predicted octanol–water partition coefficient (Wildman–Crippen LogP) is 4.08. The Labute approximate surface area is 150 Å². The van der Waals surface area contributed by atoms with Crippen LogP contribution in [0.3, 0.4) is 0 Å². The van der Waals surface area contributed by atoms with Gasteiger partial charge in [-0.05, 0) is 18.2 Å². The Morgan fingerprint density at radius 2 is 1.67 bits per heavy atom. The molecule has 0 unspecified atom stereocenters. The highest BCUT2D eigenvalue weighted by molar-refractivity contribution is 7.20. The summed E-state index contributed by atoms with van der Waals surface area (Å²) < 4.78 is 78.8. The van der Waals surface area contributed by atoms with Crippen molar-refractivity contribution in [2.45, 2.75) is 12.4 Å². The number of aromatic nitrogens is 2. The zero-order valence-electron chi connectivity index (χ0n) is 12.9. The number of nitrogens with two attached hydrogens (primary N) is 2. The fraction of sp³-hybridized carbons (Fsp3) is 0.133. The molecule has 2 heterocycles. The van der Waals surface area contributed by atoms with E-state index >= 15 is 0 Å². The van der Waals surface area contributed by atoms with Gasteiger partial charge in [0, 0.05) is 10.9 Å². The molecule has 2 aromatic heterocycles. The van der Waals surface area contributed by atoms with Crippen LogP contribution >= 0.6 is 11.3 Å². The lowest BCUT2D eigenvalue weighted by Gasteiger charge is -2.16. The van der Waals surface area contributed by atoms with E-state index in [9.17, 15) is 31.1 Å². The van der Waals surface area contributed by atoms with E-state index in [0.29, 0.717) is 12.1 Å². The molecule has 0 saturated heterocycles. The molecular formula is C15H8F6N4OS. The van der Waals surface area contributed by atoms with Crippen LogP contribution < -0.4 is 11.5 Å². The van der Waals surface area contributed by atoms with Crippen LogP contribution in [0.5, 0.6) is 0 Å². The topological polar surface area (TPSA) is 94.9 Å². The number of alkyl halides is 6. The molecule has 0 aliphatic carbocycles. The molecule has 5 nitrogen and oxygen atoms in total. The maximum absolute atomic E-state index is 13.4. The van der Waals surface area contributed by atoms with Crippen molar-refractivity contribution >= 4 is 33.4 Å². The fourth-order valence-electron chi connectivity index (χ4n) is 2.43. The molecule has 1 amide bonds. The van der Waals surface area contributed by atoms with Gasteiger partial charge in [-0.1, -0.05) is 6.07 Å². The van der Waals surface area contributed by atoms with E-state index in [1.165, 1.54) is 6.07 Å². The van der Waals surface area contributed by atoms with Gasteiger partial charge in [-0.25, -0.2) is 9.97 Å². The molecule has 12 heteroatoms. The molecule has 4 N–H and O–H groups in total. The first-order chi connectivity index (χ1) is 12.4. The number of benzene rings is 1. The van der Waals surface area contributed by atoms with Gasteiger partial charge >= 0.3 is 12.4 Å². The Kier molecular flexibility index (Phi) is 4.25. The standard InChI is InChI=1S/C15H8F6N4OS/c16-14(17,18)5-1-2-6(8(3-5)15(19,20)21)10-7-4-9(11(22)26)27-12(7)25-13(23)24-10/h1-4H,(H2,22,26)(H2,23,24,25). The van der Waals surface area contributed by atoms with E-state index in [2.05, 4.69) is 9.97 Å². The highest BCUT2D eigenvalue weighted by Crippen LogP contribution is 2.42. The molecular weight excluding hydrogens is 398 g/mol. The smallest absolute Gasteiger partial charge is 0.368 e. The third kappa shape index (κ3) is 3.52. The van der Waals surface area contributed by atoms with Gasteiger partial charge in [-0.2, -0.15) is 26.3 Å². The van der Waals surface area contributed by atoms with E-state index in [0.717, 1.165) is 11.3 Å². The number of rotatable bonds is 2. The van der Waals surface area contributed by atoms with Gasteiger partial charge in [0.1, 0.15) is 4.83 Å². The van der Waals surface area contributed by atoms with Gasteiger partial charge in [0.25, 0.3) is 5.91 Å². The quantitative estimate of drug-likeness (QED) is 0.627. The molecule has 3 aromatic rings. The normalized spacial score (nSPS) is 12.5. The first-order valence-electron chi connectivity index (χ1n) is 7.03. The third-order valence-electron chi connectivity index (χ3n) is 3.56. The molecule has 0 atom stereocenters. The molecule has 1 aromatic carbocycles. The van der Waals surface area contributed by atoms with Crippen LogP contribution in [0, 0.1) is 0 Å². The number of carbonyl (C=O) groups is 1. The summed E-state index contributed by atoms with van der Waals surface area (Å²) >= 11 is 0.782. The predicted molar refractivity (Wildman–Crippen MR) is 85.8 cm³/mol. The third-order valence-corrected chi connectivity index (χ3v) is 4.60. The minimum absolute atomic E-state index is 0.000824. The number of hydrogen-bond donors (Lipinski definition) is 2. The summed E-state index contributed by atoms with van der Waals surface area (Å²) in [5.74, 6) is -1.24. The largest absolute Gasteiger partial charge is 0.417 e. The average Bonchev–Trinajstić information content (AvgIpc) is 2.96. The molecule has 0 radical (unpaired) electrons. The first kappa shape index (κ1) is 18.9. The minimum Gasteiger partial charge on any atom is -0.368 e. The van der Waals surface area contributed by atoms with Gasteiger partial charge in [0.2, 0.25) is 5.95 Å². The van der Waals surface area contributed by atoms with Gasteiger partial charge in [0.15, 0.2) is 0 Å². The second kappa shape index (κ2) is 6.08. The van der Waals surface area contributed by atoms with Crippen LogP contribution in [0.15, 0.2) is 24.3 Å². The second-order valence-electron chi connectivity index (χ2n) is 5.38. The number of thiophene rings is 1. The number of nitrogen functional groups attached to an aromatic ring is 1. The maximum Gasteiger partial charge on any atom is 0.417 e. The van der Waals surface area contributed by atoms with Crippen molar-refractivity contribution < 1.29 is 31.1 Å². The van der Waals surface area contributed by atoms with Crippen LogP contribution in [0.25, 0.3) is 21.5 Å². The molecule has 3 rings (SSSR count). The van der Waals surface area contributed by atoms with Crippen molar-refractivity contribution in [1.82, 2.24) is 9.97 Å². The summed E-state index contributed by atoms with van der Waals surface area (Å²) in [4.78, 5) is 19.0. The molecule has 0 aliphatic rings. The van der Waals surface area contributed by atoms with Crippen LogP contribution in [-0.2, 0) is 12.4 Å². The molecule has 0 spiro atoms. The number of halogens is 6. The number of primary amides is 1. The Morgan fingerprint density at radius 1 is 1.00 bits per heavy atom. The van der Waals surface area contributed by atoms with E-state index in [1.807, 2.05) is 0 Å². The van der Waals surface area contributed by atoms with Crippen molar-refractivity contribution in [3.8, 4) is 11.3 Å². The average molecular weight is 406 g/mol. The van der Waals surface area contributed by atoms with E-state index in [1.54, 1.807) is 0 Å². The van der Waals surface area contributed by atoms with Gasteiger partial charge in [-0.3, -0.25) is 4.79 Å². The SMILES string of the molecule is NC(=O)c1cc2c(-c3ccc(C(F)(F)F)cc3C(F)(F)F)nc(N)nc2s1. The van der Waals surface area contributed by atoms with E-state index < -0.39 is 40.9 Å². The lowest BCUT2D eigenvalue weighted by Crippen LogP contribution is -2.12. The Hall–Kier alpha value is -2.89. The van der Waals surface area contributed by atoms with Crippen LogP contribution in [-0.4, -0.2) is 15.9 Å². The number of anilines is 1. The van der Waals surface area contributed by atoms with Gasteiger partial charge in [-0.15, -0.1) is 11.3 Å². The summed E-state index contributed by atoms with van der Waals surface area (Å²) in [7, 11) is 0. The molecule has 27 heavy (non-hydrogen) atoms. The summed E-state index contributed by atoms with van der Waals surface area (Å²) in [6.07, 6.45) is -10.1. The van der Waals surface area contributed by atoms with Crippen molar-refractivity contribution in [1.29, 1.82) is 0 Å². The Morgan fingerprint density at radius 3 is 2.22 bits per heavy atom. The number of nitrogens with zero attached hydrogens (tertiary/aromatic N) is 2. The molecule has 0 bridgehead atoms. The van der Waals surface area contributed by atoms with Gasteiger partial charge < -0.3 is 11.5 Å². The lowest BCUT2D eigenvalue weighted by molar-refractivity contribution is -0.142. The summed E-state index contributed by atoms with van der Waals surface area (Å²) in [5.41, 5.74) is 6.71. The fourth-order valence-corrected chi connectivity index (χ4v) is 3.32. The highest BCUT2D eigenvalue weighted by atomic mass is 32.1. The second-order valence-corrected chi connectivity index (χ2v) is 6.41.